The number of fused-ring (bicyclic) bond motifs is 1. The SMILES string of the molecule is C=CCn1c(SCC(=O)Nc2cc(OC)ccc2OC)nc2cc(Cl)ccc2c1=O. The molecule has 1 aromatic heterocycles. The van der Waals surface area contributed by atoms with E-state index in [4.69, 9.17) is 21.1 Å². The third-order valence-electron chi connectivity index (χ3n) is 4.21. The van der Waals surface area contributed by atoms with Crippen LogP contribution in [0.15, 0.2) is 59.0 Å². The molecule has 0 saturated carbocycles. The molecule has 1 N–H and O–H groups in total. The number of benzene rings is 2. The van der Waals surface area contributed by atoms with Crippen molar-refractivity contribution in [2.24, 2.45) is 0 Å². The lowest BCUT2D eigenvalue weighted by molar-refractivity contribution is -0.113. The van der Waals surface area contributed by atoms with Crippen LogP contribution in [0.2, 0.25) is 5.02 Å². The number of halogens is 1. The highest BCUT2D eigenvalue weighted by atomic mass is 35.5. The molecular formula is C21H20ClN3O4S. The molecule has 1 amide bonds. The summed E-state index contributed by atoms with van der Waals surface area (Å²) < 4.78 is 11.9. The summed E-state index contributed by atoms with van der Waals surface area (Å²) in [4.78, 5) is 29.9. The van der Waals surface area contributed by atoms with Crippen molar-refractivity contribution in [3.8, 4) is 11.5 Å². The van der Waals surface area contributed by atoms with E-state index in [2.05, 4.69) is 16.9 Å². The van der Waals surface area contributed by atoms with Gasteiger partial charge >= 0.3 is 0 Å². The summed E-state index contributed by atoms with van der Waals surface area (Å²) in [7, 11) is 3.06. The second-order valence-electron chi connectivity index (χ2n) is 6.16. The van der Waals surface area contributed by atoms with Crippen LogP contribution < -0.4 is 20.3 Å². The molecule has 0 aliphatic rings. The van der Waals surface area contributed by atoms with Gasteiger partial charge in [0.15, 0.2) is 5.16 Å². The van der Waals surface area contributed by atoms with E-state index in [1.165, 1.54) is 11.7 Å². The standard InChI is InChI=1S/C21H20ClN3O4S/c1-4-9-25-20(27)15-7-5-13(22)10-16(15)24-21(25)30-12-19(26)23-17-11-14(28-2)6-8-18(17)29-3/h4-8,10-11H,1,9,12H2,2-3H3,(H,23,26). The molecule has 0 fully saturated rings. The van der Waals surface area contributed by atoms with Crippen molar-refractivity contribution < 1.29 is 14.3 Å². The fourth-order valence-electron chi connectivity index (χ4n) is 2.80. The number of carbonyl (C=O) groups excluding carboxylic acids is 1. The molecule has 30 heavy (non-hydrogen) atoms. The lowest BCUT2D eigenvalue weighted by Gasteiger charge is -2.13. The Hall–Kier alpha value is -2.97. The number of aromatic nitrogens is 2. The number of hydrogen-bond acceptors (Lipinski definition) is 6. The second kappa shape index (κ2) is 9.69. The van der Waals surface area contributed by atoms with Crippen molar-refractivity contribution in [1.29, 1.82) is 0 Å². The number of rotatable bonds is 8. The maximum Gasteiger partial charge on any atom is 0.262 e. The summed E-state index contributed by atoms with van der Waals surface area (Å²) in [5, 5.41) is 4.14. The van der Waals surface area contributed by atoms with Crippen molar-refractivity contribution in [3.05, 3.63) is 64.4 Å². The molecule has 2 aromatic carbocycles. The van der Waals surface area contributed by atoms with Crippen LogP contribution in [-0.4, -0.2) is 35.4 Å². The first-order valence-electron chi connectivity index (χ1n) is 8.92. The number of methoxy groups -OCH3 is 2. The van der Waals surface area contributed by atoms with Crippen molar-refractivity contribution in [3.63, 3.8) is 0 Å². The lowest BCUT2D eigenvalue weighted by atomic mass is 10.2. The largest absolute Gasteiger partial charge is 0.497 e. The Morgan fingerprint density at radius 1 is 1.27 bits per heavy atom. The fourth-order valence-corrected chi connectivity index (χ4v) is 3.78. The van der Waals surface area contributed by atoms with Crippen LogP contribution in [0.25, 0.3) is 10.9 Å². The molecule has 0 unspecified atom stereocenters. The molecule has 3 rings (SSSR count). The molecule has 1 heterocycles. The van der Waals surface area contributed by atoms with Gasteiger partial charge in [-0.1, -0.05) is 29.4 Å². The zero-order valence-electron chi connectivity index (χ0n) is 16.5. The summed E-state index contributed by atoms with van der Waals surface area (Å²) in [6.07, 6.45) is 1.61. The highest BCUT2D eigenvalue weighted by Gasteiger charge is 2.14. The number of carbonyl (C=O) groups is 1. The summed E-state index contributed by atoms with van der Waals surface area (Å²) in [5.74, 6) is 0.857. The van der Waals surface area contributed by atoms with Crippen molar-refractivity contribution in [2.75, 3.05) is 25.3 Å². The van der Waals surface area contributed by atoms with E-state index in [1.807, 2.05) is 0 Å². The predicted octanol–water partition coefficient (Wildman–Crippen LogP) is 3.98. The first-order chi connectivity index (χ1) is 14.5. The normalized spacial score (nSPS) is 10.6. The Bertz CT molecular complexity index is 1160. The molecule has 0 radical (unpaired) electrons. The van der Waals surface area contributed by atoms with Crippen LogP contribution in [0, 0.1) is 0 Å². The van der Waals surface area contributed by atoms with Crippen LogP contribution in [0.3, 0.4) is 0 Å². The zero-order valence-corrected chi connectivity index (χ0v) is 18.0. The van der Waals surface area contributed by atoms with Gasteiger partial charge in [0.25, 0.3) is 5.56 Å². The van der Waals surface area contributed by atoms with Crippen LogP contribution >= 0.6 is 23.4 Å². The number of anilines is 1. The maximum atomic E-state index is 12.8. The van der Waals surface area contributed by atoms with E-state index in [0.717, 1.165) is 11.8 Å². The second-order valence-corrected chi connectivity index (χ2v) is 7.54. The van der Waals surface area contributed by atoms with Gasteiger partial charge in [-0.3, -0.25) is 14.2 Å². The van der Waals surface area contributed by atoms with Gasteiger partial charge < -0.3 is 14.8 Å². The van der Waals surface area contributed by atoms with Gasteiger partial charge in [0.1, 0.15) is 11.5 Å². The fraction of sp³-hybridized carbons (Fsp3) is 0.190. The maximum absolute atomic E-state index is 12.8. The summed E-state index contributed by atoms with van der Waals surface area (Å²) in [6, 6.07) is 10.0. The Morgan fingerprint density at radius 3 is 2.77 bits per heavy atom. The Kier molecular flexibility index (Phi) is 7.02. The van der Waals surface area contributed by atoms with Crippen LogP contribution in [0.4, 0.5) is 5.69 Å². The molecule has 7 nitrogen and oxygen atoms in total. The third-order valence-corrected chi connectivity index (χ3v) is 5.42. The van der Waals surface area contributed by atoms with E-state index < -0.39 is 0 Å². The molecule has 156 valence electrons. The van der Waals surface area contributed by atoms with Gasteiger partial charge in [-0.2, -0.15) is 0 Å². The molecule has 9 heteroatoms. The summed E-state index contributed by atoms with van der Waals surface area (Å²) in [6.45, 7) is 3.97. The Labute approximate surface area is 182 Å². The number of ether oxygens (including phenoxy) is 2. The third kappa shape index (κ3) is 4.77. The average molecular weight is 446 g/mol. The smallest absolute Gasteiger partial charge is 0.262 e. The van der Waals surface area contributed by atoms with Crippen LogP contribution in [-0.2, 0) is 11.3 Å². The van der Waals surface area contributed by atoms with Crippen LogP contribution in [0.1, 0.15) is 0 Å². The topological polar surface area (TPSA) is 82.5 Å². The molecule has 3 aromatic rings. The van der Waals surface area contributed by atoms with Crippen molar-refractivity contribution in [2.45, 2.75) is 11.7 Å². The monoisotopic (exact) mass is 445 g/mol. The number of amides is 1. The van der Waals surface area contributed by atoms with Gasteiger partial charge in [0, 0.05) is 17.6 Å². The number of allylic oxidation sites excluding steroid dienone is 1. The molecule has 0 atom stereocenters. The Balaban J connectivity index is 1.84. The van der Waals surface area contributed by atoms with Gasteiger partial charge in [-0.15, -0.1) is 6.58 Å². The van der Waals surface area contributed by atoms with Crippen molar-refractivity contribution >= 4 is 45.9 Å². The van der Waals surface area contributed by atoms with E-state index in [-0.39, 0.29) is 23.8 Å². The molecule has 0 saturated heterocycles. The first kappa shape index (κ1) is 21.7. The minimum Gasteiger partial charge on any atom is -0.497 e. The van der Waals surface area contributed by atoms with Crippen LogP contribution in [0.5, 0.6) is 11.5 Å². The first-order valence-corrected chi connectivity index (χ1v) is 10.3. The molecule has 0 spiro atoms. The average Bonchev–Trinajstić information content (AvgIpc) is 2.74. The highest BCUT2D eigenvalue weighted by Crippen LogP contribution is 2.29. The number of nitrogens with one attached hydrogen (secondary N) is 1. The molecule has 0 bridgehead atoms. The zero-order chi connectivity index (χ0) is 21.7. The van der Waals surface area contributed by atoms with Crippen molar-refractivity contribution in [1.82, 2.24) is 9.55 Å². The van der Waals surface area contributed by atoms with E-state index in [0.29, 0.717) is 38.3 Å². The minimum absolute atomic E-state index is 0.0377. The lowest BCUT2D eigenvalue weighted by Crippen LogP contribution is -2.23. The van der Waals surface area contributed by atoms with Gasteiger partial charge in [-0.25, -0.2) is 4.98 Å². The molecule has 0 aliphatic heterocycles. The Morgan fingerprint density at radius 2 is 2.07 bits per heavy atom. The van der Waals surface area contributed by atoms with E-state index in [9.17, 15) is 9.59 Å². The minimum atomic E-state index is -0.280. The van der Waals surface area contributed by atoms with Gasteiger partial charge in [0.2, 0.25) is 5.91 Å². The molecule has 0 aliphatic carbocycles. The van der Waals surface area contributed by atoms with Gasteiger partial charge in [-0.05, 0) is 30.3 Å². The summed E-state index contributed by atoms with van der Waals surface area (Å²) in [5.41, 5.74) is 0.753. The van der Waals surface area contributed by atoms with Gasteiger partial charge in [0.05, 0.1) is 36.6 Å². The van der Waals surface area contributed by atoms with E-state index in [1.54, 1.807) is 49.6 Å². The number of nitrogens with zero attached hydrogens (tertiary/aromatic N) is 2. The molecular weight excluding hydrogens is 426 g/mol. The van der Waals surface area contributed by atoms with E-state index >= 15 is 0 Å². The highest BCUT2D eigenvalue weighted by molar-refractivity contribution is 7.99. The summed E-state index contributed by atoms with van der Waals surface area (Å²) >= 11 is 7.19. The predicted molar refractivity (Wildman–Crippen MR) is 120 cm³/mol. The quantitative estimate of drug-likeness (QED) is 0.321. The number of thioether (sulfide) groups is 1. The number of hydrogen-bond donors (Lipinski definition) is 1.